The molecule has 29 heavy (non-hydrogen) atoms. The summed E-state index contributed by atoms with van der Waals surface area (Å²) in [6.45, 7) is 3.87. The van der Waals surface area contributed by atoms with Gasteiger partial charge in [-0.3, -0.25) is 9.59 Å². The van der Waals surface area contributed by atoms with Gasteiger partial charge in [-0.1, -0.05) is 54.6 Å². The highest BCUT2D eigenvalue weighted by atomic mass is 16.5. The molecule has 0 heterocycles. The molecule has 148 valence electrons. The third-order valence-electron chi connectivity index (χ3n) is 4.56. The Bertz CT molecular complexity index is 1050. The number of fused-ring (bicyclic) bond motifs is 1. The van der Waals surface area contributed by atoms with Gasteiger partial charge in [-0.05, 0) is 36.2 Å². The number of ether oxygens (including phenoxy) is 2. The van der Waals surface area contributed by atoms with Crippen LogP contribution in [0.3, 0.4) is 0 Å². The lowest BCUT2D eigenvalue weighted by atomic mass is 9.89. The highest BCUT2D eigenvalue weighted by molar-refractivity contribution is 6.18. The SMILES string of the molecule is CCOC(=O)Cc1c(C(=O)OCC)cc(C(=O)c2ccccc2)c2ccccc12. The lowest BCUT2D eigenvalue weighted by molar-refractivity contribution is -0.142. The molecular formula is C24H22O5. The molecule has 0 saturated heterocycles. The highest BCUT2D eigenvalue weighted by Crippen LogP contribution is 2.29. The second-order valence-electron chi connectivity index (χ2n) is 6.39. The van der Waals surface area contributed by atoms with Crippen molar-refractivity contribution >= 4 is 28.5 Å². The van der Waals surface area contributed by atoms with Gasteiger partial charge in [0.25, 0.3) is 0 Å². The van der Waals surface area contributed by atoms with Crippen molar-refractivity contribution in [2.75, 3.05) is 13.2 Å². The number of carbonyl (C=O) groups is 3. The molecule has 0 bridgehead atoms. The van der Waals surface area contributed by atoms with Gasteiger partial charge >= 0.3 is 11.9 Å². The summed E-state index contributed by atoms with van der Waals surface area (Å²) in [6, 6.07) is 17.6. The number of benzene rings is 3. The Labute approximate surface area is 169 Å². The molecule has 5 nitrogen and oxygen atoms in total. The zero-order chi connectivity index (χ0) is 20.8. The number of esters is 2. The number of rotatable bonds is 7. The molecule has 3 aromatic rings. The van der Waals surface area contributed by atoms with E-state index in [2.05, 4.69) is 0 Å². The molecule has 0 aliphatic heterocycles. The fourth-order valence-electron chi connectivity index (χ4n) is 3.31. The average Bonchev–Trinajstić information content (AvgIpc) is 2.74. The molecule has 3 rings (SSSR count). The zero-order valence-corrected chi connectivity index (χ0v) is 16.4. The van der Waals surface area contributed by atoms with Gasteiger partial charge in [-0.15, -0.1) is 0 Å². The largest absolute Gasteiger partial charge is 0.466 e. The van der Waals surface area contributed by atoms with Crippen molar-refractivity contribution in [1.82, 2.24) is 0 Å². The van der Waals surface area contributed by atoms with Gasteiger partial charge in [-0.2, -0.15) is 0 Å². The van der Waals surface area contributed by atoms with Gasteiger partial charge in [0.1, 0.15) is 0 Å². The van der Waals surface area contributed by atoms with Gasteiger partial charge in [0.2, 0.25) is 0 Å². The van der Waals surface area contributed by atoms with Crippen LogP contribution in [0.25, 0.3) is 10.8 Å². The Morgan fingerprint density at radius 2 is 1.38 bits per heavy atom. The minimum absolute atomic E-state index is 0.0810. The van der Waals surface area contributed by atoms with E-state index < -0.39 is 11.9 Å². The van der Waals surface area contributed by atoms with Crippen molar-refractivity contribution in [1.29, 1.82) is 0 Å². The maximum atomic E-state index is 13.2. The summed E-state index contributed by atoms with van der Waals surface area (Å²) in [5, 5.41) is 1.33. The normalized spacial score (nSPS) is 10.6. The first kappa shape index (κ1) is 20.3. The summed E-state index contributed by atoms with van der Waals surface area (Å²) in [5.41, 5.74) is 1.62. The maximum Gasteiger partial charge on any atom is 0.338 e. The minimum atomic E-state index is -0.570. The van der Waals surface area contributed by atoms with E-state index >= 15 is 0 Å². The number of carbonyl (C=O) groups excluding carboxylic acids is 3. The molecule has 0 amide bonds. The molecular weight excluding hydrogens is 368 g/mol. The summed E-state index contributed by atoms with van der Waals surface area (Å²) in [5.74, 6) is -1.21. The third-order valence-corrected chi connectivity index (χ3v) is 4.56. The monoisotopic (exact) mass is 390 g/mol. The molecule has 0 fully saturated rings. The van der Waals surface area contributed by atoms with Crippen LogP contribution in [0.5, 0.6) is 0 Å². The predicted octanol–water partition coefficient (Wildman–Crippen LogP) is 4.35. The van der Waals surface area contributed by atoms with Gasteiger partial charge < -0.3 is 9.47 Å². The van der Waals surface area contributed by atoms with E-state index in [-0.39, 0.29) is 31.0 Å². The Morgan fingerprint density at radius 1 is 0.759 bits per heavy atom. The van der Waals surface area contributed by atoms with E-state index in [4.69, 9.17) is 9.47 Å². The number of hydrogen-bond acceptors (Lipinski definition) is 5. The first-order valence-corrected chi connectivity index (χ1v) is 9.53. The van der Waals surface area contributed by atoms with Crippen molar-refractivity contribution in [3.05, 3.63) is 82.9 Å². The Hall–Kier alpha value is -3.47. The molecule has 3 aromatic carbocycles. The van der Waals surface area contributed by atoms with Gasteiger partial charge in [0.05, 0.1) is 25.2 Å². The van der Waals surface area contributed by atoms with Crippen LogP contribution in [0.15, 0.2) is 60.7 Å². The van der Waals surface area contributed by atoms with Crippen molar-refractivity contribution < 1.29 is 23.9 Å². The second-order valence-corrected chi connectivity index (χ2v) is 6.39. The third kappa shape index (κ3) is 4.35. The molecule has 0 aliphatic rings. The topological polar surface area (TPSA) is 69.7 Å². The lowest BCUT2D eigenvalue weighted by Gasteiger charge is -2.15. The van der Waals surface area contributed by atoms with Crippen molar-refractivity contribution in [2.45, 2.75) is 20.3 Å². The van der Waals surface area contributed by atoms with E-state index in [9.17, 15) is 14.4 Å². The van der Waals surface area contributed by atoms with E-state index in [1.54, 1.807) is 44.2 Å². The molecule has 5 heteroatoms. The molecule has 0 radical (unpaired) electrons. The molecule has 0 aliphatic carbocycles. The quantitative estimate of drug-likeness (QED) is 0.443. The molecule has 0 atom stereocenters. The zero-order valence-electron chi connectivity index (χ0n) is 16.4. The van der Waals surface area contributed by atoms with Crippen molar-refractivity contribution in [3.63, 3.8) is 0 Å². The summed E-state index contributed by atoms with van der Waals surface area (Å²) in [6.07, 6.45) is -0.0810. The van der Waals surface area contributed by atoms with E-state index in [1.165, 1.54) is 6.07 Å². The molecule has 0 unspecified atom stereocenters. The van der Waals surface area contributed by atoms with Crippen LogP contribution in [0.1, 0.15) is 45.7 Å². The van der Waals surface area contributed by atoms with Crippen LogP contribution in [-0.2, 0) is 20.7 Å². The maximum absolute atomic E-state index is 13.2. The van der Waals surface area contributed by atoms with Crippen LogP contribution in [-0.4, -0.2) is 30.9 Å². The summed E-state index contributed by atoms with van der Waals surface area (Å²) in [7, 11) is 0. The van der Waals surface area contributed by atoms with E-state index in [0.29, 0.717) is 27.5 Å². The Morgan fingerprint density at radius 3 is 2.03 bits per heavy atom. The predicted molar refractivity (Wildman–Crippen MR) is 110 cm³/mol. The Balaban J connectivity index is 2.24. The second kappa shape index (κ2) is 9.15. The standard InChI is InChI=1S/C24H22O5/c1-3-28-22(25)15-19-17-12-8-9-13-18(17)20(14-21(19)24(27)29-4-2)23(26)16-10-6-5-7-11-16/h5-14H,3-4,15H2,1-2H3. The molecule has 0 spiro atoms. The average molecular weight is 390 g/mol. The summed E-state index contributed by atoms with van der Waals surface area (Å²) < 4.78 is 10.3. The minimum Gasteiger partial charge on any atom is -0.466 e. The number of hydrogen-bond donors (Lipinski definition) is 0. The smallest absolute Gasteiger partial charge is 0.338 e. The van der Waals surface area contributed by atoms with Crippen LogP contribution >= 0.6 is 0 Å². The van der Waals surface area contributed by atoms with Gasteiger partial charge in [0, 0.05) is 11.1 Å². The fraction of sp³-hybridized carbons (Fsp3) is 0.208. The van der Waals surface area contributed by atoms with Crippen LogP contribution in [0.4, 0.5) is 0 Å². The van der Waals surface area contributed by atoms with Gasteiger partial charge in [0.15, 0.2) is 5.78 Å². The van der Waals surface area contributed by atoms with Crippen molar-refractivity contribution in [2.24, 2.45) is 0 Å². The summed E-state index contributed by atoms with van der Waals surface area (Å²) >= 11 is 0. The van der Waals surface area contributed by atoms with Crippen LogP contribution < -0.4 is 0 Å². The van der Waals surface area contributed by atoms with E-state index in [1.807, 2.05) is 24.3 Å². The summed E-state index contributed by atoms with van der Waals surface area (Å²) in [4.78, 5) is 38.0. The lowest BCUT2D eigenvalue weighted by Crippen LogP contribution is -2.16. The highest BCUT2D eigenvalue weighted by Gasteiger charge is 2.23. The first-order valence-electron chi connectivity index (χ1n) is 9.53. The van der Waals surface area contributed by atoms with Crippen molar-refractivity contribution in [3.8, 4) is 0 Å². The van der Waals surface area contributed by atoms with E-state index in [0.717, 1.165) is 0 Å². The molecule has 0 N–H and O–H groups in total. The molecule has 0 aromatic heterocycles. The first-order chi connectivity index (χ1) is 14.1. The van der Waals surface area contributed by atoms with Crippen LogP contribution in [0, 0.1) is 0 Å². The fourth-order valence-corrected chi connectivity index (χ4v) is 3.31. The Kier molecular flexibility index (Phi) is 6.39. The van der Waals surface area contributed by atoms with Crippen LogP contribution in [0.2, 0.25) is 0 Å². The molecule has 0 saturated carbocycles. The number of ketones is 1. The van der Waals surface area contributed by atoms with Gasteiger partial charge in [-0.25, -0.2) is 4.79 Å².